The van der Waals surface area contributed by atoms with Crippen molar-refractivity contribution in [3.05, 3.63) is 0 Å². The molecular formula is C14H22N2O6S. The first-order valence-corrected chi connectivity index (χ1v) is 9.50. The van der Waals surface area contributed by atoms with Gasteiger partial charge in [0.05, 0.1) is 30.3 Å². The standard InChI is InChI=1S/C14H22N2O6S/c17-13(11-8-12(11)14(18)19)15-3-1-2-10(9-15)23(20,21)16-4-6-22-7-5-16/h10-12H,1-9H2,(H,18,19). The summed E-state index contributed by atoms with van der Waals surface area (Å²) in [6, 6.07) is 0. The lowest BCUT2D eigenvalue weighted by molar-refractivity contribution is -0.142. The zero-order valence-electron chi connectivity index (χ0n) is 12.9. The Morgan fingerprint density at radius 2 is 1.78 bits per heavy atom. The number of nitrogens with zero attached hydrogens (tertiary/aromatic N) is 2. The number of sulfonamides is 1. The average Bonchev–Trinajstić information content (AvgIpc) is 3.36. The number of carboxylic acid groups (broad SMARTS) is 1. The molecule has 0 bridgehead atoms. The Kier molecular flexibility index (Phi) is 4.61. The molecule has 1 N–H and O–H groups in total. The zero-order chi connectivity index (χ0) is 16.6. The number of carboxylic acids is 1. The van der Waals surface area contributed by atoms with Gasteiger partial charge in [0, 0.05) is 26.2 Å². The lowest BCUT2D eigenvalue weighted by Gasteiger charge is -2.36. The molecule has 1 saturated carbocycles. The fourth-order valence-corrected chi connectivity index (χ4v) is 5.28. The van der Waals surface area contributed by atoms with Gasteiger partial charge in [0.15, 0.2) is 0 Å². The van der Waals surface area contributed by atoms with Crippen molar-refractivity contribution < 1.29 is 27.9 Å². The summed E-state index contributed by atoms with van der Waals surface area (Å²) < 4.78 is 32.1. The van der Waals surface area contributed by atoms with Crippen molar-refractivity contribution in [1.29, 1.82) is 0 Å². The third-order valence-electron chi connectivity index (χ3n) is 4.87. The maximum Gasteiger partial charge on any atom is 0.307 e. The second kappa shape index (κ2) is 6.37. The monoisotopic (exact) mass is 346 g/mol. The summed E-state index contributed by atoms with van der Waals surface area (Å²) in [7, 11) is -3.44. The highest BCUT2D eigenvalue weighted by Gasteiger charge is 2.50. The number of amides is 1. The number of hydrogen-bond donors (Lipinski definition) is 1. The quantitative estimate of drug-likeness (QED) is 0.726. The van der Waals surface area contributed by atoms with Crippen molar-refractivity contribution in [2.24, 2.45) is 11.8 Å². The molecule has 2 saturated heterocycles. The zero-order valence-corrected chi connectivity index (χ0v) is 13.7. The Balaban J connectivity index is 1.64. The Morgan fingerprint density at radius 3 is 2.39 bits per heavy atom. The normalized spacial score (nSPS) is 32.5. The first-order valence-electron chi connectivity index (χ1n) is 7.99. The lowest BCUT2D eigenvalue weighted by atomic mass is 10.1. The second-order valence-corrected chi connectivity index (χ2v) is 8.60. The molecule has 0 aromatic rings. The molecule has 2 aliphatic heterocycles. The van der Waals surface area contributed by atoms with Crippen LogP contribution in [0.5, 0.6) is 0 Å². The van der Waals surface area contributed by atoms with Gasteiger partial charge < -0.3 is 14.7 Å². The molecule has 3 aliphatic rings. The van der Waals surface area contributed by atoms with Gasteiger partial charge in [-0.3, -0.25) is 9.59 Å². The van der Waals surface area contributed by atoms with E-state index in [-0.39, 0.29) is 12.5 Å². The van der Waals surface area contributed by atoms with Gasteiger partial charge in [-0.25, -0.2) is 8.42 Å². The van der Waals surface area contributed by atoms with E-state index in [4.69, 9.17) is 9.84 Å². The predicted octanol–water partition coefficient (Wildman–Crippen LogP) is -0.640. The fraction of sp³-hybridized carbons (Fsp3) is 0.857. The predicted molar refractivity (Wildman–Crippen MR) is 80.1 cm³/mol. The SMILES string of the molecule is O=C(O)C1CC1C(=O)N1CCCC(S(=O)(=O)N2CCOCC2)C1. The molecule has 0 spiro atoms. The molecule has 0 radical (unpaired) electrons. The van der Waals surface area contributed by atoms with Crippen LogP contribution in [0.1, 0.15) is 19.3 Å². The van der Waals surface area contributed by atoms with Gasteiger partial charge in [-0.05, 0) is 19.3 Å². The van der Waals surface area contributed by atoms with E-state index in [9.17, 15) is 18.0 Å². The summed E-state index contributed by atoms with van der Waals surface area (Å²) >= 11 is 0. The molecule has 3 unspecified atom stereocenters. The minimum absolute atomic E-state index is 0.168. The van der Waals surface area contributed by atoms with Crippen molar-refractivity contribution >= 4 is 21.9 Å². The van der Waals surface area contributed by atoms with Crippen LogP contribution >= 0.6 is 0 Å². The van der Waals surface area contributed by atoms with Crippen molar-refractivity contribution in [3.8, 4) is 0 Å². The van der Waals surface area contributed by atoms with E-state index in [0.29, 0.717) is 52.1 Å². The van der Waals surface area contributed by atoms with Gasteiger partial charge in [0.25, 0.3) is 0 Å². The Morgan fingerprint density at radius 1 is 1.09 bits per heavy atom. The van der Waals surface area contributed by atoms with Crippen LogP contribution in [-0.2, 0) is 24.3 Å². The minimum atomic E-state index is -3.44. The number of ether oxygens (including phenoxy) is 1. The van der Waals surface area contributed by atoms with Gasteiger partial charge in [0.1, 0.15) is 0 Å². The average molecular weight is 346 g/mol. The van der Waals surface area contributed by atoms with Gasteiger partial charge in [0.2, 0.25) is 15.9 Å². The van der Waals surface area contributed by atoms with Crippen molar-refractivity contribution in [1.82, 2.24) is 9.21 Å². The summed E-state index contributed by atoms with van der Waals surface area (Å²) in [5.41, 5.74) is 0. The minimum Gasteiger partial charge on any atom is -0.481 e. The third-order valence-corrected chi connectivity index (χ3v) is 7.18. The number of carbonyl (C=O) groups excluding carboxylic acids is 1. The van der Waals surface area contributed by atoms with Crippen molar-refractivity contribution in [3.63, 3.8) is 0 Å². The third kappa shape index (κ3) is 3.36. The van der Waals surface area contributed by atoms with Crippen LogP contribution in [0.3, 0.4) is 0 Å². The molecule has 3 atom stereocenters. The summed E-state index contributed by atoms with van der Waals surface area (Å²) in [5.74, 6) is -2.23. The van der Waals surface area contributed by atoms with Crippen molar-refractivity contribution in [2.45, 2.75) is 24.5 Å². The van der Waals surface area contributed by atoms with Crippen LogP contribution in [0.2, 0.25) is 0 Å². The molecule has 1 amide bonds. The van der Waals surface area contributed by atoms with E-state index in [2.05, 4.69) is 0 Å². The van der Waals surface area contributed by atoms with E-state index in [0.717, 1.165) is 0 Å². The molecule has 2 heterocycles. The molecule has 130 valence electrons. The van der Waals surface area contributed by atoms with Crippen LogP contribution in [0.15, 0.2) is 0 Å². The van der Waals surface area contributed by atoms with Crippen LogP contribution in [0.4, 0.5) is 0 Å². The maximum absolute atomic E-state index is 12.7. The topological polar surface area (TPSA) is 104 Å². The molecular weight excluding hydrogens is 324 g/mol. The first-order chi connectivity index (χ1) is 10.9. The summed E-state index contributed by atoms with van der Waals surface area (Å²) in [6.45, 7) is 2.19. The number of rotatable bonds is 4. The van der Waals surface area contributed by atoms with Gasteiger partial charge in [-0.1, -0.05) is 0 Å². The Bertz CT molecular complexity index is 586. The lowest BCUT2D eigenvalue weighted by Crippen LogP contribution is -2.52. The van der Waals surface area contributed by atoms with Crippen LogP contribution in [0.25, 0.3) is 0 Å². The largest absolute Gasteiger partial charge is 0.481 e. The summed E-state index contributed by atoms with van der Waals surface area (Å²) in [4.78, 5) is 24.8. The first kappa shape index (κ1) is 16.7. The molecule has 3 rings (SSSR count). The Labute approximate surface area is 135 Å². The molecule has 23 heavy (non-hydrogen) atoms. The highest BCUT2D eigenvalue weighted by atomic mass is 32.2. The van der Waals surface area contributed by atoms with Gasteiger partial charge >= 0.3 is 5.97 Å². The number of morpholine rings is 1. The molecule has 1 aliphatic carbocycles. The highest BCUT2D eigenvalue weighted by molar-refractivity contribution is 7.89. The van der Waals surface area contributed by atoms with Gasteiger partial charge in [-0.2, -0.15) is 4.31 Å². The maximum atomic E-state index is 12.7. The van der Waals surface area contributed by atoms with Gasteiger partial charge in [-0.15, -0.1) is 0 Å². The molecule has 9 heteroatoms. The van der Waals surface area contributed by atoms with Crippen LogP contribution < -0.4 is 0 Å². The number of hydrogen-bond acceptors (Lipinski definition) is 5. The van der Waals surface area contributed by atoms with Crippen LogP contribution in [0, 0.1) is 11.8 Å². The molecule has 0 aromatic carbocycles. The molecule has 3 fully saturated rings. The highest BCUT2D eigenvalue weighted by Crippen LogP contribution is 2.40. The fourth-order valence-electron chi connectivity index (χ4n) is 3.37. The van der Waals surface area contributed by atoms with E-state index >= 15 is 0 Å². The number of carbonyl (C=O) groups is 2. The van der Waals surface area contributed by atoms with E-state index < -0.39 is 33.1 Å². The van der Waals surface area contributed by atoms with E-state index in [1.165, 1.54) is 4.31 Å². The summed E-state index contributed by atoms with van der Waals surface area (Å²) in [6.07, 6.45) is 1.53. The number of piperidine rings is 1. The van der Waals surface area contributed by atoms with Crippen LogP contribution in [-0.4, -0.2) is 79.2 Å². The number of likely N-dealkylation sites (tertiary alicyclic amines) is 1. The smallest absolute Gasteiger partial charge is 0.307 e. The second-order valence-electron chi connectivity index (χ2n) is 6.39. The number of aliphatic carboxylic acids is 1. The Hall–Kier alpha value is -1.19. The molecule has 0 aromatic heterocycles. The van der Waals surface area contributed by atoms with Crippen molar-refractivity contribution in [2.75, 3.05) is 39.4 Å². The molecule has 8 nitrogen and oxygen atoms in total. The van der Waals surface area contributed by atoms with E-state index in [1.54, 1.807) is 4.90 Å². The summed E-state index contributed by atoms with van der Waals surface area (Å²) in [5, 5.41) is 8.34. The van der Waals surface area contributed by atoms with E-state index in [1.807, 2.05) is 0 Å².